The molecule has 6 heteroatoms. The number of anilines is 1. The third-order valence-corrected chi connectivity index (χ3v) is 3.56. The molecule has 3 N–H and O–H groups in total. The molecule has 1 aliphatic carbocycles. The Balaban J connectivity index is 2.55. The fourth-order valence-corrected chi connectivity index (χ4v) is 2.46. The van der Waals surface area contributed by atoms with Gasteiger partial charge in [0.1, 0.15) is 5.56 Å². The lowest BCUT2D eigenvalue weighted by atomic mass is 10.0. The van der Waals surface area contributed by atoms with Gasteiger partial charge in [-0.3, -0.25) is 4.79 Å². The molecular weight excluding hydrogens is 263 g/mol. The summed E-state index contributed by atoms with van der Waals surface area (Å²) in [5, 5.41) is 9.06. The lowest BCUT2D eigenvalue weighted by molar-refractivity contribution is 0.0695. The van der Waals surface area contributed by atoms with E-state index in [-0.39, 0.29) is 22.7 Å². The SMILES string of the molecule is Cc1[c]c(F)c(N)c2c(=O)c(C(=O)O)cn(C3CC3)c12. The zero-order valence-electron chi connectivity index (χ0n) is 10.7. The zero-order valence-corrected chi connectivity index (χ0v) is 10.7. The van der Waals surface area contributed by atoms with Crippen LogP contribution in [0.4, 0.5) is 10.1 Å². The van der Waals surface area contributed by atoms with E-state index in [0.717, 1.165) is 12.8 Å². The number of rotatable bonds is 2. The number of hydrogen-bond donors (Lipinski definition) is 2. The molecule has 1 aromatic carbocycles. The number of nitrogens with two attached hydrogens (primary N) is 1. The number of carboxylic acids is 1. The van der Waals surface area contributed by atoms with Gasteiger partial charge in [0.05, 0.1) is 16.6 Å². The quantitative estimate of drug-likeness (QED) is 0.819. The van der Waals surface area contributed by atoms with Gasteiger partial charge in [-0.05, 0) is 25.3 Å². The number of carbonyl (C=O) groups is 1. The summed E-state index contributed by atoms with van der Waals surface area (Å²) in [6.45, 7) is 1.63. The Bertz CT molecular complexity index is 806. The summed E-state index contributed by atoms with van der Waals surface area (Å²) in [6.07, 6.45) is 3.12. The minimum atomic E-state index is -1.34. The van der Waals surface area contributed by atoms with Gasteiger partial charge in [-0.25, -0.2) is 9.18 Å². The number of fused-ring (bicyclic) bond motifs is 1. The summed E-state index contributed by atoms with van der Waals surface area (Å²) < 4.78 is 15.4. The third-order valence-electron chi connectivity index (χ3n) is 3.56. The van der Waals surface area contributed by atoms with Gasteiger partial charge >= 0.3 is 5.97 Å². The molecule has 1 aromatic heterocycles. The van der Waals surface area contributed by atoms with Crippen molar-refractivity contribution < 1.29 is 14.3 Å². The van der Waals surface area contributed by atoms with Crippen molar-refractivity contribution in [2.24, 2.45) is 0 Å². The first-order chi connectivity index (χ1) is 9.41. The standard InChI is InChI=1S/C14H12FN2O3/c1-6-4-9(15)11(16)10-12(6)17(7-2-3-7)5-8(13(10)18)14(19)20/h5,7H,2-3,16H2,1H3,(H,19,20). The molecule has 1 saturated carbocycles. The van der Waals surface area contributed by atoms with Crippen LogP contribution in [0, 0.1) is 18.8 Å². The third kappa shape index (κ3) is 1.68. The number of aromatic nitrogens is 1. The van der Waals surface area contributed by atoms with Gasteiger partial charge in [0.15, 0.2) is 5.82 Å². The molecule has 0 amide bonds. The van der Waals surface area contributed by atoms with E-state index in [9.17, 15) is 14.0 Å². The fraction of sp³-hybridized carbons (Fsp3) is 0.286. The predicted octanol–water partition coefficient (Wildman–Crippen LogP) is 1.86. The second-order valence-corrected chi connectivity index (χ2v) is 5.02. The molecule has 103 valence electrons. The Labute approximate surface area is 113 Å². The number of aryl methyl sites for hydroxylation is 1. The summed E-state index contributed by atoms with van der Waals surface area (Å²) in [5.74, 6) is -2.16. The van der Waals surface area contributed by atoms with E-state index in [1.807, 2.05) is 0 Å². The topological polar surface area (TPSA) is 85.3 Å². The highest BCUT2D eigenvalue weighted by molar-refractivity contribution is 5.98. The Morgan fingerprint density at radius 2 is 2.20 bits per heavy atom. The first-order valence-electron chi connectivity index (χ1n) is 6.20. The largest absolute Gasteiger partial charge is 0.477 e. The van der Waals surface area contributed by atoms with E-state index in [1.54, 1.807) is 11.5 Å². The highest BCUT2D eigenvalue weighted by Crippen LogP contribution is 2.38. The van der Waals surface area contributed by atoms with Crippen molar-refractivity contribution >= 4 is 22.6 Å². The lowest BCUT2D eigenvalue weighted by Gasteiger charge is -2.15. The van der Waals surface area contributed by atoms with E-state index < -0.39 is 17.2 Å². The fourth-order valence-electron chi connectivity index (χ4n) is 2.46. The van der Waals surface area contributed by atoms with Gasteiger partial charge in [-0.2, -0.15) is 0 Å². The second-order valence-electron chi connectivity index (χ2n) is 5.02. The van der Waals surface area contributed by atoms with Gasteiger partial charge in [0.2, 0.25) is 5.43 Å². The van der Waals surface area contributed by atoms with Crippen LogP contribution in [0.1, 0.15) is 34.8 Å². The number of carboxylic acid groups (broad SMARTS) is 1. The molecule has 0 spiro atoms. The van der Waals surface area contributed by atoms with Crippen LogP contribution < -0.4 is 11.2 Å². The highest BCUT2D eigenvalue weighted by atomic mass is 19.1. The van der Waals surface area contributed by atoms with Crippen LogP contribution in [-0.4, -0.2) is 15.6 Å². The Morgan fingerprint density at radius 3 is 2.75 bits per heavy atom. The summed E-state index contributed by atoms with van der Waals surface area (Å²) in [4.78, 5) is 23.4. The maximum Gasteiger partial charge on any atom is 0.341 e. The average Bonchev–Trinajstić information content (AvgIpc) is 3.19. The first-order valence-corrected chi connectivity index (χ1v) is 6.20. The number of pyridine rings is 1. The first kappa shape index (κ1) is 12.7. The van der Waals surface area contributed by atoms with Crippen LogP contribution in [0.2, 0.25) is 0 Å². The number of benzene rings is 1. The van der Waals surface area contributed by atoms with Gasteiger partial charge < -0.3 is 15.4 Å². The molecular formula is C14H12FN2O3. The van der Waals surface area contributed by atoms with Crippen LogP contribution in [0.5, 0.6) is 0 Å². The maximum absolute atomic E-state index is 13.7. The van der Waals surface area contributed by atoms with Crippen molar-refractivity contribution in [3.63, 3.8) is 0 Å². The summed E-state index contributed by atoms with van der Waals surface area (Å²) in [7, 11) is 0. The maximum atomic E-state index is 13.7. The highest BCUT2D eigenvalue weighted by Gasteiger charge is 2.28. The number of halogens is 1. The van der Waals surface area contributed by atoms with Crippen LogP contribution in [0.15, 0.2) is 11.0 Å². The summed E-state index contributed by atoms with van der Waals surface area (Å²) >= 11 is 0. The van der Waals surface area contributed by atoms with Gasteiger partial charge in [0.25, 0.3) is 0 Å². The molecule has 1 radical (unpaired) electrons. The van der Waals surface area contributed by atoms with Crippen LogP contribution in [-0.2, 0) is 0 Å². The molecule has 2 aromatic rings. The van der Waals surface area contributed by atoms with Gasteiger partial charge in [0, 0.05) is 18.3 Å². The van der Waals surface area contributed by atoms with E-state index in [2.05, 4.69) is 6.07 Å². The van der Waals surface area contributed by atoms with E-state index >= 15 is 0 Å². The van der Waals surface area contributed by atoms with Crippen LogP contribution in [0.25, 0.3) is 10.9 Å². The van der Waals surface area contributed by atoms with Gasteiger partial charge in [-0.15, -0.1) is 0 Å². The molecule has 0 atom stereocenters. The summed E-state index contributed by atoms with van der Waals surface area (Å²) in [5.41, 5.74) is 5.08. The van der Waals surface area contributed by atoms with E-state index in [0.29, 0.717) is 11.1 Å². The van der Waals surface area contributed by atoms with E-state index in [1.165, 1.54) is 6.20 Å². The molecule has 1 fully saturated rings. The van der Waals surface area contributed by atoms with Crippen molar-refractivity contribution in [3.05, 3.63) is 39.4 Å². The lowest BCUT2D eigenvalue weighted by Crippen LogP contribution is -2.20. The normalized spacial score (nSPS) is 14.7. The second kappa shape index (κ2) is 4.06. The number of nitrogen functional groups attached to an aromatic ring is 1. The smallest absolute Gasteiger partial charge is 0.341 e. The molecule has 1 aliphatic rings. The average molecular weight is 275 g/mol. The van der Waals surface area contributed by atoms with Crippen molar-refractivity contribution in [3.8, 4) is 0 Å². The molecule has 5 nitrogen and oxygen atoms in total. The van der Waals surface area contributed by atoms with Crippen LogP contribution in [0.3, 0.4) is 0 Å². The number of aromatic carboxylic acids is 1. The van der Waals surface area contributed by atoms with Crippen molar-refractivity contribution in [2.45, 2.75) is 25.8 Å². The van der Waals surface area contributed by atoms with Gasteiger partial charge in [-0.1, -0.05) is 0 Å². The zero-order chi connectivity index (χ0) is 14.6. The monoisotopic (exact) mass is 275 g/mol. The Kier molecular flexibility index (Phi) is 2.57. The predicted molar refractivity (Wildman–Crippen MR) is 71.4 cm³/mol. The van der Waals surface area contributed by atoms with Crippen LogP contribution >= 0.6 is 0 Å². The Hall–Kier alpha value is -2.37. The van der Waals surface area contributed by atoms with E-state index in [4.69, 9.17) is 10.8 Å². The molecule has 0 saturated heterocycles. The minimum Gasteiger partial charge on any atom is -0.477 e. The number of hydrogen-bond acceptors (Lipinski definition) is 3. The molecule has 20 heavy (non-hydrogen) atoms. The molecule has 0 aliphatic heterocycles. The Morgan fingerprint density at radius 1 is 1.55 bits per heavy atom. The minimum absolute atomic E-state index is 0.0643. The molecule has 3 rings (SSSR count). The van der Waals surface area contributed by atoms with Crippen molar-refractivity contribution in [1.29, 1.82) is 0 Å². The number of nitrogens with zero attached hydrogens (tertiary/aromatic N) is 1. The molecule has 0 unspecified atom stereocenters. The van der Waals surface area contributed by atoms with Crippen molar-refractivity contribution in [2.75, 3.05) is 5.73 Å². The van der Waals surface area contributed by atoms with Crippen molar-refractivity contribution in [1.82, 2.24) is 4.57 Å². The molecule has 0 bridgehead atoms. The molecule has 1 heterocycles. The summed E-state index contributed by atoms with van der Waals surface area (Å²) in [6, 6.07) is 2.61.